The summed E-state index contributed by atoms with van der Waals surface area (Å²) in [5, 5.41) is 2.85. The Balaban J connectivity index is 1.42. The van der Waals surface area contributed by atoms with E-state index in [0.29, 0.717) is 12.1 Å². The number of likely N-dealkylation sites (N-methyl/N-ethyl adjacent to an activating group) is 1. The number of hydrogen-bond donors (Lipinski definition) is 0. The predicted molar refractivity (Wildman–Crippen MR) is 131 cm³/mol. The van der Waals surface area contributed by atoms with Gasteiger partial charge in [-0.3, -0.25) is 9.78 Å². The second kappa shape index (κ2) is 9.02. The minimum Gasteiger partial charge on any atom is -0.452 e. The molecule has 0 spiro atoms. The van der Waals surface area contributed by atoms with Gasteiger partial charge in [-0.2, -0.15) is 0 Å². The first-order chi connectivity index (χ1) is 16.2. The second-order valence-corrected chi connectivity index (χ2v) is 8.35. The molecule has 5 nitrogen and oxygen atoms in total. The Labute approximate surface area is 193 Å². The summed E-state index contributed by atoms with van der Waals surface area (Å²) in [7, 11) is 0. The number of para-hydroxylation sites is 1. The Morgan fingerprint density at radius 1 is 0.909 bits per heavy atom. The van der Waals surface area contributed by atoms with Crippen molar-refractivity contribution in [2.75, 3.05) is 18.1 Å². The van der Waals surface area contributed by atoms with Gasteiger partial charge < -0.3 is 9.64 Å². The number of aromatic nitrogens is 1. The zero-order chi connectivity index (χ0) is 22.8. The molecular weight excluding hydrogens is 412 g/mol. The summed E-state index contributed by atoms with van der Waals surface area (Å²) >= 11 is 0. The van der Waals surface area contributed by atoms with Crippen LogP contribution >= 0.6 is 0 Å². The van der Waals surface area contributed by atoms with Crippen molar-refractivity contribution in [3.05, 3.63) is 83.6 Å². The van der Waals surface area contributed by atoms with Crippen molar-refractivity contribution in [1.82, 2.24) is 4.98 Å². The second-order valence-electron chi connectivity index (χ2n) is 8.35. The van der Waals surface area contributed by atoms with Crippen LogP contribution in [0, 0.1) is 0 Å². The third-order valence-corrected chi connectivity index (χ3v) is 6.37. The van der Waals surface area contributed by atoms with Crippen LogP contribution in [0.25, 0.3) is 21.7 Å². The average Bonchev–Trinajstić information content (AvgIpc) is 2.86. The highest BCUT2D eigenvalue weighted by Gasteiger charge is 2.25. The lowest BCUT2D eigenvalue weighted by atomic mass is 9.90. The monoisotopic (exact) mass is 438 g/mol. The first-order valence-corrected chi connectivity index (χ1v) is 11.5. The van der Waals surface area contributed by atoms with E-state index >= 15 is 0 Å². The van der Waals surface area contributed by atoms with Crippen molar-refractivity contribution >= 4 is 39.2 Å². The molecule has 1 aliphatic rings. The molecule has 33 heavy (non-hydrogen) atoms. The van der Waals surface area contributed by atoms with Crippen molar-refractivity contribution in [3.63, 3.8) is 0 Å². The zero-order valence-corrected chi connectivity index (χ0v) is 18.7. The van der Waals surface area contributed by atoms with Crippen LogP contribution in [0.4, 0.5) is 5.69 Å². The van der Waals surface area contributed by atoms with Gasteiger partial charge in [0, 0.05) is 23.0 Å². The number of aryl methyl sites for hydroxylation is 1. The molecule has 0 saturated heterocycles. The minimum atomic E-state index is -0.450. The lowest BCUT2D eigenvalue weighted by molar-refractivity contribution is -0.121. The van der Waals surface area contributed by atoms with Crippen molar-refractivity contribution in [2.24, 2.45) is 0 Å². The highest BCUT2D eigenvalue weighted by Crippen LogP contribution is 2.30. The lowest BCUT2D eigenvalue weighted by Crippen LogP contribution is -2.34. The number of amides is 1. The van der Waals surface area contributed by atoms with Crippen LogP contribution < -0.4 is 4.90 Å². The van der Waals surface area contributed by atoms with Gasteiger partial charge in [0.2, 0.25) is 0 Å². The molecule has 0 bridgehead atoms. The zero-order valence-electron chi connectivity index (χ0n) is 18.7. The maximum Gasteiger partial charge on any atom is 0.339 e. The summed E-state index contributed by atoms with van der Waals surface area (Å²) in [5.74, 6) is -0.691. The van der Waals surface area contributed by atoms with Crippen LogP contribution in [0.2, 0.25) is 0 Å². The van der Waals surface area contributed by atoms with Gasteiger partial charge in [-0.25, -0.2) is 4.79 Å². The van der Waals surface area contributed by atoms with Gasteiger partial charge in [-0.05, 0) is 55.7 Å². The molecule has 1 aliphatic carbocycles. The third kappa shape index (κ3) is 3.95. The van der Waals surface area contributed by atoms with E-state index in [1.165, 1.54) is 0 Å². The normalized spacial score (nSPS) is 13.0. The molecule has 0 saturated carbocycles. The van der Waals surface area contributed by atoms with Gasteiger partial charge in [0.15, 0.2) is 6.61 Å². The number of rotatable bonds is 5. The molecule has 0 N–H and O–H groups in total. The maximum absolute atomic E-state index is 13.3. The molecule has 0 unspecified atom stereocenters. The number of esters is 1. The highest BCUT2D eigenvalue weighted by atomic mass is 16.5. The van der Waals surface area contributed by atoms with E-state index in [2.05, 4.69) is 0 Å². The molecule has 1 heterocycles. The Kier molecular flexibility index (Phi) is 5.78. The Morgan fingerprint density at radius 3 is 2.48 bits per heavy atom. The molecule has 4 aromatic rings. The molecule has 166 valence electrons. The van der Waals surface area contributed by atoms with Gasteiger partial charge in [-0.1, -0.05) is 54.6 Å². The van der Waals surface area contributed by atoms with E-state index in [4.69, 9.17) is 9.72 Å². The van der Waals surface area contributed by atoms with E-state index in [1.54, 1.807) is 4.90 Å². The van der Waals surface area contributed by atoms with Crippen LogP contribution in [0.1, 0.15) is 41.4 Å². The highest BCUT2D eigenvalue weighted by molar-refractivity contribution is 6.07. The summed E-state index contributed by atoms with van der Waals surface area (Å²) in [6.45, 7) is 2.10. The molecule has 0 fully saturated rings. The Bertz CT molecular complexity index is 1360. The van der Waals surface area contributed by atoms with E-state index in [0.717, 1.165) is 64.3 Å². The summed E-state index contributed by atoms with van der Waals surface area (Å²) in [5.41, 5.74) is 4.13. The number of anilines is 1. The van der Waals surface area contributed by atoms with Crippen molar-refractivity contribution in [3.8, 4) is 0 Å². The molecule has 0 radical (unpaired) electrons. The van der Waals surface area contributed by atoms with E-state index < -0.39 is 5.97 Å². The van der Waals surface area contributed by atoms with E-state index in [1.807, 2.05) is 73.7 Å². The quantitative estimate of drug-likeness (QED) is 0.387. The number of ether oxygens (including phenoxy) is 1. The largest absolute Gasteiger partial charge is 0.452 e. The van der Waals surface area contributed by atoms with Crippen molar-refractivity contribution in [2.45, 2.75) is 32.6 Å². The summed E-state index contributed by atoms with van der Waals surface area (Å²) in [6.07, 6.45) is 3.77. The number of nitrogens with zero attached hydrogens (tertiary/aromatic N) is 2. The van der Waals surface area contributed by atoms with Crippen LogP contribution in [0.15, 0.2) is 66.7 Å². The van der Waals surface area contributed by atoms with Crippen LogP contribution in [-0.4, -0.2) is 30.0 Å². The molecule has 1 amide bonds. The van der Waals surface area contributed by atoms with Gasteiger partial charge in [-0.15, -0.1) is 0 Å². The number of carbonyl (C=O) groups is 2. The molecule has 0 aliphatic heterocycles. The van der Waals surface area contributed by atoms with Crippen molar-refractivity contribution in [1.29, 1.82) is 0 Å². The van der Waals surface area contributed by atoms with Gasteiger partial charge in [0.1, 0.15) is 0 Å². The molecule has 0 atom stereocenters. The number of carbonyl (C=O) groups excluding carboxylic acids is 2. The number of fused-ring (bicyclic) bond motifs is 3. The average molecular weight is 439 g/mol. The Morgan fingerprint density at radius 2 is 1.64 bits per heavy atom. The molecule has 5 heteroatoms. The summed E-state index contributed by atoms with van der Waals surface area (Å²) in [4.78, 5) is 32.9. The molecule has 1 aromatic heterocycles. The van der Waals surface area contributed by atoms with Crippen molar-refractivity contribution < 1.29 is 14.3 Å². The maximum atomic E-state index is 13.3. The molecule has 5 rings (SSSR count). The van der Waals surface area contributed by atoms with E-state index in [-0.39, 0.29) is 12.5 Å². The number of hydrogen-bond acceptors (Lipinski definition) is 4. The fourth-order valence-corrected chi connectivity index (χ4v) is 4.81. The first kappa shape index (κ1) is 21.1. The van der Waals surface area contributed by atoms with Crippen LogP contribution in [0.5, 0.6) is 0 Å². The lowest BCUT2D eigenvalue weighted by Gasteiger charge is -2.23. The summed E-state index contributed by atoms with van der Waals surface area (Å²) in [6, 6.07) is 21.5. The molecule has 3 aromatic carbocycles. The van der Waals surface area contributed by atoms with Crippen LogP contribution in [-0.2, 0) is 22.4 Å². The third-order valence-electron chi connectivity index (χ3n) is 6.37. The summed E-state index contributed by atoms with van der Waals surface area (Å²) < 4.78 is 5.62. The van der Waals surface area contributed by atoms with Gasteiger partial charge in [0.05, 0.1) is 16.8 Å². The predicted octanol–water partition coefficient (Wildman–Crippen LogP) is 5.48. The molecular formula is C28H26N2O3. The van der Waals surface area contributed by atoms with Crippen LogP contribution in [0.3, 0.4) is 0 Å². The van der Waals surface area contributed by atoms with Gasteiger partial charge >= 0.3 is 5.97 Å². The fourth-order valence-electron chi connectivity index (χ4n) is 4.81. The smallest absolute Gasteiger partial charge is 0.339 e. The first-order valence-electron chi connectivity index (χ1n) is 11.5. The fraction of sp³-hybridized carbons (Fsp3) is 0.250. The number of benzene rings is 3. The Hall–Kier alpha value is -3.73. The number of pyridine rings is 1. The van der Waals surface area contributed by atoms with Gasteiger partial charge in [0.25, 0.3) is 5.91 Å². The topological polar surface area (TPSA) is 59.5 Å². The standard InChI is InChI=1S/C28H26N2O3/c1-2-30(25-17-9-11-19-10-3-4-12-20(19)25)26(31)18-33-28(32)27-21-13-5-7-15-23(21)29-24-16-8-6-14-22(24)27/h3-5,7,9-13,15,17H,2,6,8,14,16,18H2,1H3. The minimum absolute atomic E-state index is 0.241. The SMILES string of the molecule is CCN(C(=O)COC(=O)c1c2c(nc3ccccc13)CCCC2)c1cccc2ccccc12. The van der Waals surface area contributed by atoms with E-state index in [9.17, 15) is 9.59 Å².